The summed E-state index contributed by atoms with van der Waals surface area (Å²) in [6, 6.07) is 2.51. The fourth-order valence-electron chi connectivity index (χ4n) is 2.28. The minimum atomic E-state index is 0.000215. The molecule has 0 bridgehead atoms. The van der Waals surface area contributed by atoms with Crippen LogP contribution in [0.5, 0.6) is 0 Å². The number of hydrogen-bond acceptors (Lipinski definition) is 3. The predicted octanol–water partition coefficient (Wildman–Crippen LogP) is 2.79. The second-order valence-corrected chi connectivity index (χ2v) is 5.58. The molecule has 1 aromatic rings. The van der Waals surface area contributed by atoms with Gasteiger partial charge in [-0.2, -0.15) is 5.10 Å². The molecule has 1 heterocycles. The van der Waals surface area contributed by atoms with E-state index in [9.17, 15) is 0 Å². The molecule has 2 N–H and O–H groups in total. The number of rotatable bonds is 8. The molecule has 0 amide bonds. The van der Waals surface area contributed by atoms with Gasteiger partial charge in [-0.25, -0.2) is 0 Å². The van der Waals surface area contributed by atoms with Crippen LogP contribution in [0, 0.1) is 5.92 Å². The summed E-state index contributed by atoms with van der Waals surface area (Å²) in [5.74, 6) is 0.423. The highest BCUT2D eigenvalue weighted by molar-refractivity contribution is 5.03. The first-order valence-corrected chi connectivity index (χ1v) is 7.40. The van der Waals surface area contributed by atoms with E-state index in [1.807, 2.05) is 17.8 Å². The van der Waals surface area contributed by atoms with E-state index in [1.54, 1.807) is 0 Å². The number of nitrogens with zero attached hydrogens (tertiary/aromatic N) is 2. The SMILES string of the molecule is CCOC(C(C)C)C(N)Cc1ccn(C(C)CC)n1. The Bertz CT molecular complexity index is 362. The lowest BCUT2D eigenvalue weighted by molar-refractivity contribution is 0.0125. The molecule has 19 heavy (non-hydrogen) atoms. The van der Waals surface area contributed by atoms with E-state index >= 15 is 0 Å². The molecular formula is C15H29N3O. The molecule has 4 heteroatoms. The lowest BCUT2D eigenvalue weighted by atomic mass is 9.96. The Morgan fingerprint density at radius 1 is 1.32 bits per heavy atom. The lowest BCUT2D eigenvalue weighted by Crippen LogP contribution is -2.42. The fraction of sp³-hybridized carbons (Fsp3) is 0.800. The van der Waals surface area contributed by atoms with Gasteiger partial charge in [0.25, 0.3) is 0 Å². The number of aromatic nitrogens is 2. The summed E-state index contributed by atoms with van der Waals surface area (Å²) < 4.78 is 7.77. The van der Waals surface area contributed by atoms with Gasteiger partial charge < -0.3 is 10.5 Å². The van der Waals surface area contributed by atoms with Crippen molar-refractivity contribution in [2.75, 3.05) is 6.61 Å². The molecule has 0 aliphatic rings. The molecule has 110 valence electrons. The third-order valence-electron chi connectivity index (χ3n) is 3.59. The Hall–Kier alpha value is -0.870. The van der Waals surface area contributed by atoms with Crippen molar-refractivity contribution in [2.24, 2.45) is 11.7 Å². The number of hydrogen-bond donors (Lipinski definition) is 1. The predicted molar refractivity (Wildman–Crippen MR) is 79.2 cm³/mol. The van der Waals surface area contributed by atoms with E-state index in [2.05, 4.69) is 38.9 Å². The maximum Gasteiger partial charge on any atom is 0.0752 e. The highest BCUT2D eigenvalue weighted by atomic mass is 16.5. The zero-order valence-electron chi connectivity index (χ0n) is 13.0. The Kier molecular flexibility index (Phi) is 6.52. The van der Waals surface area contributed by atoms with Gasteiger partial charge in [0.15, 0.2) is 0 Å². The Balaban J connectivity index is 2.64. The van der Waals surface area contributed by atoms with E-state index in [1.165, 1.54) is 0 Å². The molecule has 1 aromatic heterocycles. The molecule has 3 unspecified atom stereocenters. The van der Waals surface area contributed by atoms with Crippen LogP contribution in [0.25, 0.3) is 0 Å². The minimum absolute atomic E-state index is 0.000215. The summed E-state index contributed by atoms with van der Waals surface area (Å²) in [6.45, 7) is 11.4. The summed E-state index contributed by atoms with van der Waals surface area (Å²) in [7, 11) is 0. The third kappa shape index (κ3) is 4.62. The summed E-state index contributed by atoms with van der Waals surface area (Å²) >= 11 is 0. The van der Waals surface area contributed by atoms with Gasteiger partial charge in [-0.1, -0.05) is 20.8 Å². The standard InChI is InChI=1S/C15H29N3O/c1-6-12(5)18-9-8-13(17-18)10-14(16)15(11(3)4)19-7-2/h8-9,11-12,14-15H,6-7,10,16H2,1-5H3. The summed E-state index contributed by atoms with van der Waals surface area (Å²) in [5, 5.41) is 4.60. The smallest absolute Gasteiger partial charge is 0.0752 e. The largest absolute Gasteiger partial charge is 0.377 e. The average molecular weight is 267 g/mol. The van der Waals surface area contributed by atoms with Crippen LogP contribution in [0.2, 0.25) is 0 Å². The van der Waals surface area contributed by atoms with Gasteiger partial charge in [-0.3, -0.25) is 4.68 Å². The molecule has 0 aliphatic carbocycles. The highest BCUT2D eigenvalue weighted by Crippen LogP contribution is 2.15. The lowest BCUT2D eigenvalue weighted by Gasteiger charge is -2.26. The molecule has 0 radical (unpaired) electrons. The third-order valence-corrected chi connectivity index (χ3v) is 3.59. The Labute approximate surface area is 117 Å². The first-order valence-electron chi connectivity index (χ1n) is 7.40. The molecule has 0 saturated carbocycles. The zero-order valence-corrected chi connectivity index (χ0v) is 13.0. The van der Waals surface area contributed by atoms with E-state index in [4.69, 9.17) is 10.5 Å². The van der Waals surface area contributed by atoms with Gasteiger partial charge in [0, 0.05) is 31.3 Å². The average Bonchev–Trinajstić information content (AvgIpc) is 2.82. The van der Waals surface area contributed by atoms with Crippen molar-refractivity contribution in [3.63, 3.8) is 0 Å². The molecule has 3 atom stereocenters. The van der Waals surface area contributed by atoms with Crippen LogP contribution in [-0.4, -0.2) is 28.5 Å². The van der Waals surface area contributed by atoms with E-state index in [0.717, 1.165) is 18.5 Å². The molecule has 0 saturated heterocycles. The van der Waals surface area contributed by atoms with E-state index < -0.39 is 0 Å². The molecule has 4 nitrogen and oxygen atoms in total. The van der Waals surface area contributed by atoms with E-state index in [-0.39, 0.29) is 12.1 Å². The fourth-order valence-corrected chi connectivity index (χ4v) is 2.28. The first-order chi connectivity index (χ1) is 8.99. The van der Waals surface area contributed by atoms with Crippen LogP contribution in [0.4, 0.5) is 0 Å². The molecular weight excluding hydrogens is 238 g/mol. The topological polar surface area (TPSA) is 53.1 Å². The van der Waals surface area contributed by atoms with Gasteiger partial charge >= 0.3 is 0 Å². The number of ether oxygens (including phenoxy) is 1. The molecule has 0 spiro atoms. The van der Waals surface area contributed by atoms with Gasteiger partial charge in [0.2, 0.25) is 0 Å². The van der Waals surface area contributed by atoms with Crippen LogP contribution in [0.15, 0.2) is 12.3 Å². The van der Waals surface area contributed by atoms with Crippen LogP contribution in [0.3, 0.4) is 0 Å². The highest BCUT2D eigenvalue weighted by Gasteiger charge is 2.22. The van der Waals surface area contributed by atoms with Crippen molar-refractivity contribution >= 4 is 0 Å². The molecule has 0 aliphatic heterocycles. The normalized spacial score (nSPS) is 16.6. The van der Waals surface area contributed by atoms with Gasteiger partial charge in [0.05, 0.1) is 11.8 Å². The summed E-state index contributed by atoms with van der Waals surface area (Å²) in [4.78, 5) is 0. The van der Waals surface area contributed by atoms with Crippen molar-refractivity contribution in [3.8, 4) is 0 Å². The van der Waals surface area contributed by atoms with Gasteiger partial charge in [-0.05, 0) is 32.3 Å². The molecule has 0 aromatic carbocycles. The maximum atomic E-state index is 6.28. The zero-order chi connectivity index (χ0) is 14.4. The van der Waals surface area contributed by atoms with Crippen molar-refractivity contribution in [1.82, 2.24) is 9.78 Å². The minimum Gasteiger partial charge on any atom is -0.377 e. The van der Waals surface area contributed by atoms with Crippen molar-refractivity contribution in [2.45, 2.75) is 65.6 Å². The Morgan fingerprint density at radius 2 is 2.00 bits per heavy atom. The van der Waals surface area contributed by atoms with Crippen LogP contribution >= 0.6 is 0 Å². The Morgan fingerprint density at radius 3 is 2.53 bits per heavy atom. The van der Waals surface area contributed by atoms with Crippen LogP contribution in [0.1, 0.15) is 52.8 Å². The van der Waals surface area contributed by atoms with Crippen molar-refractivity contribution < 1.29 is 4.74 Å². The second-order valence-electron chi connectivity index (χ2n) is 5.58. The maximum absolute atomic E-state index is 6.28. The molecule has 0 fully saturated rings. The monoisotopic (exact) mass is 267 g/mol. The van der Waals surface area contributed by atoms with Crippen LogP contribution < -0.4 is 5.73 Å². The summed E-state index contributed by atoms with van der Waals surface area (Å²) in [6.07, 6.45) is 3.99. The van der Waals surface area contributed by atoms with Crippen LogP contribution in [-0.2, 0) is 11.2 Å². The molecule has 1 rings (SSSR count). The quantitative estimate of drug-likeness (QED) is 0.788. The van der Waals surface area contributed by atoms with Crippen molar-refractivity contribution in [3.05, 3.63) is 18.0 Å². The number of nitrogens with two attached hydrogens (primary N) is 1. The van der Waals surface area contributed by atoms with Crippen molar-refractivity contribution in [1.29, 1.82) is 0 Å². The first kappa shape index (κ1) is 16.2. The van der Waals surface area contributed by atoms with Gasteiger partial charge in [-0.15, -0.1) is 0 Å². The summed E-state index contributed by atoms with van der Waals surface area (Å²) in [5.41, 5.74) is 7.33. The van der Waals surface area contributed by atoms with Gasteiger partial charge in [0.1, 0.15) is 0 Å². The van der Waals surface area contributed by atoms with E-state index in [0.29, 0.717) is 18.6 Å². The second kappa shape index (κ2) is 7.65.